The van der Waals surface area contributed by atoms with Crippen LogP contribution in [0.4, 0.5) is 5.00 Å². The van der Waals surface area contributed by atoms with Gasteiger partial charge in [0.05, 0.1) is 22.8 Å². The number of benzene rings is 1. The summed E-state index contributed by atoms with van der Waals surface area (Å²) in [4.78, 5) is 13.9. The van der Waals surface area contributed by atoms with Crippen LogP contribution in [-0.4, -0.2) is 41.2 Å². The zero-order valence-electron chi connectivity index (χ0n) is 17.5. The van der Waals surface area contributed by atoms with E-state index in [9.17, 15) is 13.2 Å². The number of nitrogens with zero attached hydrogens (tertiary/aromatic N) is 4. The van der Waals surface area contributed by atoms with Gasteiger partial charge in [-0.15, -0.1) is 16.4 Å². The van der Waals surface area contributed by atoms with Gasteiger partial charge >= 0.3 is 5.97 Å². The first-order chi connectivity index (χ1) is 14.8. The summed E-state index contributed by atoms with van der Waals surface area (Å²) >= 11 is 1.33. The van der Waals surface area contributed by atoms with Crippen molar-refractivity contribution in [3.8, 4) is 5.69 Å². The number of fused-ring (bicyclic) bond motifs is 1. The number of ether oxygens (including phenoxy) is 1. The van der Waals surface area contributed by atoms with Crippen LogP contribution in [0.2, 0.25) is 0 Å². The lowest BCUT2D eigenvalue weighted by atomic mass is 9.95. The number of esters is 1. The number of thiophene rings is 1. The van der Waals surface area contributed by atoms with Crippen LogP contribution in [0.3, 0.4) is 0 Å². The normalized spacial score (nSPS) is 13.6. The average molecular weight is 462 g/mol. The number of aryl methyl sites for hydroxylation is 3. The molecule has 3 aromatic rings. The fourth-order valence-corrected chi connectivity index (χ4v) is 7.03. The summed E-state index contributed by atoms with van der Waals surface area (Å²) in [6.45, 7) is 5.41. The molecule has 1 N–H and O–H groups in total. The Morgan fingerprint density at radius 1 is 1.23 bits per heavy atom. The van der Waals surface area contributed by atoms with Crippen molar-refractivity contribution >= 4 is 32.3 Å². The largest absolute Gasteiger partial charge is 0.462 e. The van der Waals surface area contributed by atoms with Crippen molar-refractivity contribution < 1.29 is 17.9 Å². The number of tetrazole rings is 1. The van der Waals surface area contributed by atoms with E-state index in [0.717, 1.165) is 36.1 Å². The number of carbonyl (C=O) groups is 1. The first-order valence-corrected chi connectivity index (χ1v) is 12.3. The lowest BCUT2D eigenvalue weighted by Crippen LogP contribution is -2.18. The van der Waals surface area contributed by atoms with E-state index in [1.54, 1.807) is 32.9 Å². The van der Waals surface area contributed by atoms with Gasteiger partial charge in [0, 0.05) is 4.88 Å². The van der Waals surface area contributed by atoms with Crippen molar-refractivity contribution in [2.45, 2.75) is 51.3 Å². The third-order valence-electron chi connectivity index (χ3n) is 5.21. The van der Waals surface area contributed by atoms with Gasteiger partial charge in [-0.2, -0.15) is 0 Å². The summed E-state index contributed by atoms with van der Waals surface area (Å²) < 4.78 is 36.1. The average Bonchev–Trinajstić information content (AvgIpc) is 3.34. The quantitative estimate of drug-likeness (QED) is 0.560. The van der Waals surface area contributed by atoms with Crippen LogP contribution in [-0.2, 0) is 27.6 Å². The molecule has 2 heterocycles. The van der Waals surface area contributed by atoms with Gasteiger partial charge in [0.2, 0.25) is 0 Å². The van der Waals surface area contributed by atoms with E-state index in [2.05, 4.69) is 20.2 Å². The van der Waals surface area contributed by atoms with Crippen LogP contribution in [0.1, 0.15) is 51.7 Å². The summed E-state index contributed by atoms with van der Waals surface area (Å²) in [5.74, 6) is -0.484. The number of aromatic nitrogens is 4. The fraction of sp³-hybridized carbons (Fsp3) is 0.400. The molecule has 0 saturated heterocycles. The Kier molecular flexibility index (Phi) is 5.80. The Morgan fingerprint density at radius 3 is 2.58 bits per heavy atom. The molecule has 0 saturated carbocycles. The molecular formula is C20H23N5O4S2. The van der Waals surface area contributed by atoms with E-state index in [1.807, 2.05) is 0 Å². The molecule has 0 bridgehead atoms. The molecule has 1 aliphatic rings. The molecule has 0 amide bonds. The maximum atomic E-state index is 13.4. The van der Waals surface area contributed by atoms with Crippen LogP contribution in [0.5, 0.6) is 0 Å². The van der Waals surface area contributed by atoms with E-state index in [0.29, 0.717) is 27.4 Å². The number of carbonyl (C=O) groups excluding carboxylic acids is 1. The molecule has 11 heteroatoms. The van der Waals surface area contributed by atoms with Crippen LogP contribution < -0.4 is 4.72 Å². The first-order valence-electron chi connectivity index (χ1n) is 10.0. The van der Waals surface area contributed by atoms with Gasteiger partial charge in [0.25, 0.3) is 10.0 Å². The number of rotatable bonds is 6. The topological polar surface area (TPSA) is 116 Å². The van der Waals surface area contributed by atoms with Crippen molar-refractivity contribution in [3.63, 3.8) is 0 Å². The van der Waals surface area contributed by atoms with Gasteiger partial charge in [-0.3, -0.25) is 4.72 Å². The molecule has 164 valence electrons. The zero-order valence-corrected chi connectivity index (χ0v) is 19.1. The minimum atomic E-state index is -3.94. The molecule has 9 nitrogen and oxygen atoms in total. The minimum Gasteiger partial charge on any atom is -0.462 e. The lowest BCUT2D eigenvalue weighted by Gasteiger charge is -2.15. The third kappa shape index (κ3) is 4.07. The van der Waals surface area contributed by atoms with Crippen LogP contribution in [0, 0.1) is 13.8 Å². The molecule has 0 radical (unpaired) electrons. The van der Waals surface area contributed by atoms with Crippen molar-refractivity contribution in [3.05, 3.63) is 45.6 Å². The van der Waals surface area contributed by atoms with Gasteiger partial charge in [0.15, 0.2) is 0 Å². The molecule has 1 aliphatic carbocycles. The molecule has 0 aliphatic heterocycles. The van der Waals surface area contributed by atoms with Crippen LogP contribution in [0.25, 0.3) is 5.69 Å². The molecule has 0 unspecified atom stereocenters. The van der Waals surface area contributed by atoms with E-state index in [4.69, 9.17) is 4.74 Å². The summed E-state index contributed by atoms with van der Waals surface area (Å²) in [6, 6.07) is 3.42. The van der Waals surface area contributed by atoms with E-state index < -0.39 is 16.0 Å². The Morgan fingerprint density at radius 2 is 1.94 bits per heavy atom. The van der Waals surface area contributed by atoms with Crippen LogP contribution in [0.15, 0.2) is 23.4 Å². The zero-order chi connectivity index (χ0) is 22.2. The Bertz CT molecular complexity index is 1210. The number of sulfonamides is 1. The number of hydrogen-bond donors (Lipinski definition) is 1. The molecular weight excluding hydrogens is 438 g/mol. The SMILES string of the molecule is CCOC(=O)c1c(NS(=O)(=O)c2c(C)cc(-n3cnnn3)cc2C)sc2c1CCCC2. The maximum absolute atomic E-state index is 13.4. The number of nitrogens with one attached hydrogen (secondary N) is 1. The summed E-state index contributed by atoms with van der Waals surface area (Å²) in [7, 11) is -3.94. The van der Waals surface area contributed by atoms with E-state index >= 15 is 0 Å². The molecule has 2 aromatic heterocycles. The van der Waals surface area contributed by atoms with E-state index in [1.165, 1.54) is 22.3 Å². The Labute approximate surface area is 184 Å². The number of anilines is 1. The van der Waals surface area contributed by atoms with Crippen molar-refractivity contribution in [2.75, 3.05) is 11.3 Å². The molecule has 0 spiro atoms. The van der Waals surface area contributed by atoms with Gasteiger partial charge in [-0.25, -0.2) is 17.9 Å². The summed E-state index contributed by atoms with van der Waals surface area (Å²) in [5, 5.41) is 11.4. The van der Waals surface area contributed by atoms with Gasteiger partial charge in [-0.1, -0.05) is 0 Å². The molecule has 0 atom stereocenters. The van der Waals surface area contributed by atoms with Gasteiger partial charge in [-0.05, 0) is 85.7 Å². The highest BCUT2D eigenvalue weighted by Gasteiger charge is 2.30. The highest BCUT2D eigenvalue weighted by atomic mass is 32.2. The molecule has 1 aromatic carbocycles. The standard InChI is InChI=1S/C20H23N5O4S2/c1-4-29-20(26)17-15-7-5-6-8-16(15)30-19(17)22-31(27,28)18-12(2)9-14(10-13(18)3)25-11-21-23-24-25/h9-11,22H,4-8H2,1-3H3. The predicted octanol–water partition coefficient (Wildman–Crippen LogP) is 3.20. The smallest absolute Gasteiger partial charge is 0.341 e. The molecule has 4 rings (SSSR count). The Hall–Kier alpha value is -2.79. The summed E-state index contributed by atoms with van der Waals surface area (Å²) in [6.07, 6.45) is 5.04. The second kappa shape index (κ2) is 8.39. The number of hydrogen-bond acceptors (Lipinski definition) is 8. The van der Waals surface area contributed by atoms with Gasteiger partial charge < -0.3 is 4.74 Å². The highest BCUT2D eigenvalue weighted by Crippen LogP contribution is 2.40. The monoisotopic (exact) mass is 461 g/mol. The second-order valence-electron chi connectivity index (χ2n) is 7.40. The first kappa shape index (κ1) is 21.4. The van der Waals surface area contributed by atoms with Crippen molar-refractivity contribution in [1.29, 1.82) is 0 Å². The maximum Gasteiger partial charge on any atom is 0.341 e. The minimum absolute atomic E-state index is 0.172. The predicted molar refractivity (Wildman–Crippen MR) is 116 cm³/mol. The van der Waals surface area contributed by atoms with Crippen LogP contribution >= 0.6 is 11.3 Å². The van der Waals surface area contributed by atoms with E-state index in [-0.39, 0.29) is 11.5 Å². The molecule has 0 fully saturated rings. The summed E-state index contributed by atoms with van der Waals surface area (Å²) in [5.41, 5.74) is 3.03. The molecule has 31 heavy (non-hydrogen) atoms. The third-order valence-corrected chi connectivity index (χ3v) is 8.20. The van der Waals surface area contributed by atoms with Crippen molar-refractivity contribution in [2.24, 2.45) is 0 Å². The second-order valence-corrected chi connectivity index (χ2v) is 10.1. The fourth-order valence-electron chi connectivity index (χ4n) is 3.99. The Balaban J connectivity index is 1.75. The lowest BCUT2D eigenvalue weighted by molar-refractivity contribution is 0.0526. The highest BCUT2D eigenvalue weighted by molar-refractivity contribution is 7.93. The van der Waals surface area contributed by atoms with Crippen molar-refractivity contribution in [1.82, 2.24) is 20.2 Å². The van der Waals surface area contributed by atoms with Gasteiger partial charge in [0.1, 0.15) is 11.3 Å².